The molecule has 0 bridgehead atoms. The quantitative estimate of drug-likeness (QED) is 0.581. The molecule has 2 amide bonds. The molecule has 6 nitrogen and oxygen atoms in total. The number of carbonyl (C=O) groups is 2. The number of amides is 2. The molecule has 33 heavy (non-hydrogen) atoms. The highest BCUT2D eigenvalue weighted by Gasteiger charge is 2.40. The van der Waals surface area contributed by atoms with E-state index < -0.39 is 5.54 Å². The van der Waals surface area contributed by atoms with E-state index in [1.54, 1.807) is 50.5 Å². The summed E-state index contributed by atoms with van der Waals surface area (Å²) in [6, 6.07) is 16.4. The molecule has 0 saturated carbocycles. The molecule has 1 fully saturated rings. The molecule has 3 aromatic rings. The minimum atomic E-state index is -1.05. The Kier molecular flexibility index (Phi) is 6.75. The van der Waals surface area contributed by atoms with Crippen LogP contribution in [0.4, 0.5) is 0 Å². The van der Waals surface area contributed by atoms with Crippen molar-refractivity contribution < 1.29 is 9.59 Å². The molecule has 1 aromatic heterocycles. The van der Waals surface area contributed by atoms with Gasteiger partial charge in [-0.15, -0.1) is 0 Å². The Morgan fingerprint density at radius 1 is 1.12 bits per heavy atom. The van der Waals surface area contributed by atoms with E-state index in [9.17, 15) is 9.59 Å². The fraction of sp³-hybridized carbons (Fsp3) is 0.308. The summed E-state index contributed by atoms with van der Waals surface area (Å²) in [5, 5.41) is 3.58. The van der Waals surface area contributed by atoms with E-state index in [0.717, 1.165) is 29.8 Å². The molecule has 2 heterocycles. The third kappa shape index (κ3) is 5.40. The molecule has 170 valence electrons. The summed E-state index contributed by atoms with van der Waals surface area (Å²) in [7, 11) is 0. The first-order chi connectivity index (χ1) is 15.8. The first-order valence-electron chi connectivity index (χ1n) is 11.1. The summed E-state index contributed by atoms with van der Waals surface area (Å²) in [5.74, 6) is -0.399. The Balaban J connectivity index is 1.50. The molecule has 1 aliphatic heterocycles. The van der Waals surface area contributed by atoms with E-state index in [0.29, 0.717) is 23.6 Å². The van der Waals surface area contributed by atoms with Gasteiger partial charge in [0.05, 0.1) is 23.6 Å². The number of hydrogen-bond acceptors (Lipinski definition) is 4. The predicted octanol–water partition coefficient (Wildman–Crippen LogP) is 4.59. The number of hydrogen-bond donors (Lipinski definition) is 1. The minimum Gasteiger partial charge on any atom is -0.338 e. The van der Waals surface area contributed by atoms with Gasteiger partial charge in [0.2, 0.25) is 5.91 Å². The van der Waals surface area contributed by atoms with Crippen molar-refractivity contribution in [2.75, 3.05) is 6.54 Å². The number of likely N-dealkylation sites (tertiary alicyclic amines) is 1. The van der Waals surface area contributed by atoms with Gasteiger partial charge in [-0.25, -0.2) is 0 Å². The topological polar surface area (TPSA) is 75.2 Å². The first-order valence-corrected chi connectivity index (χ1v) is 11.5. The summed E-state index contributed by atoms with van der Waals surface area (Å²) < 4.78 is 0. The maximum Gasteiger partial charge on any atom is 0.252 e. The van der Waals surface area contributed by atoms with Gasteiger partial charge >= 0.3 is 0 Å². The molecule has 1 saturated heterocycles. The van der Waals surface area contributed by atoms with Crippen molar-refractivity contribution in [3.05, 3.63) is 94.5 Å². The van der Waals surface area contributed by atoms with Gasteiger partial charge in [-0.1, -0.05) is 41.9 Å². The minimum absolute atomic E-state index is 0.128. The zero-order valence-corrected chi connectivity index (χ0v) is 19.5. The van der Waals surface area contributed by atoms with Crippen LogP contribution in [-0.2, 0) is 11.2 Å². The monoisotopic (exact) mass is 462 g/mol. The Hall–Kier alpha value is -3.25. The van der Waals surface area contributed by atoms with E-state index in [4.69, 9.17) is 16.6 Å². The van der Waals surface area contributed by atoms with E-state index in [-0.39, 0.29) is 17.9 Å². The largest absolute Gasteiger partial charge is 0.338 e. The molecular formula is C26H27ClN4O2. The van der Waals surface area contributed by atoms with Crippen LogP contribution in [0.3, 0.4) is 0 Å². The second-order valence-electron chi connectivity index (χ2n) is 8.84. The standard InChI is InChI=1S/C26H27ClN4O2/c1-26(2,30-24(32)19-9-4-3-5-10-19)25(33)31-13-7-12-23(31)22-17-28-16-21(29-22)15-18-8-6-11-20(27)14-18/h3-6,8-11,14,16-17,23H,7,12-13,15H2,1-2H3,(H,30,32). The van der Waals surface area contributed by atoms with Gasteiger partial charge in [0.25, 0.3) is 5.91 Å². The molecule has 0 radical (unpaired) electrons. The average molecular weight is 463 g/mol. The lowest BCUT2D eigenvalue weighted by molar-refractivity contribution is -0.137. The Bertz CT molecular complexity index is 1150. The van der Waals surface area contributed by atoms with Crippen LogP contribution in [0, 0.1) is 0 Å². The predicted molar refractivity (Wildman–Crippen MR) is 128 cm³/mol. The molecule has 1 unspecified atom stereocenters. The number of halogens is 1. The molecule has 4 rings (SSSR count). The van der Waals surface area contributed by atoms with Crippen LogP contribution in [0.15, 0.2) is 67.0 Å². The van der Waals surface area contributed by atoms with Crippen molar-refractivity contribution in [1.29, 1.82) is 0 Å². The zero-order chi connectivity index (χ0) is 23.4. The molecule has 2 aromatic carbocycles. The van der Waals surface area contributed by atoms with Gasteiger partial charge < -0.3 is 10.2 Å². The lowest BCUT2D eigenvalue weighted by Crippen LogP contribution is -2.55. The Labute approximate surface area is 199 Å². The molecule has 0 spiro atoms. The molecule has 1 atom stereocenters. The normalized spacial score (nSPS) is 16.0. The fourth-order valence-corrected chi connectivity index (χ4v) is 4.41. The average Bonchev–Trinajstić information content (AvgIpc) is 3.29. The van der Waals surface area contributed by atoms with Crippen molar-refractivity contribution in [1.82, 2.24) is 20.2 Å². The second-order valence-corrected chi connectivity index (χ2v) is 9.28. The van der Waals surface area contributed by atoms with Crippen molar-refractivity contribution in [2.45, 2.75) is 44.7 Å². The van der Waals surface area contributed by atoms with Crippen LogP contribution in [-0.4, -0.2) is 38.8 Å². The zero-order valence-electron chi connectivity index (χ0n) is 18.8. The number of nitrogens with zero attached hydrogens (tertiary/aromatic N) is 3. The van der Waals surface area contributed by atoms with Gasteiger partial charge in [-0.2, -0.15) is 0 Å². The highest BCUT2D eigenvalue weighted by molar-refractivity contribution is 6.30. The molecular weight excluding hydrogens is 436 g/mol. The van der Waals surface area contributed by atoms with Crippen LogP contribution in [0.2, 0.25) is 5.02 Å². The number of aromatic nitrogens is 2. The molecule has 0 aliphatic carbocycles. The van der Waals surface area contributed by atoms with Crippen LogP contribution in [0.5, 0.6) is 0 Å². The SMILES string of the molecule is CC(C)(NC(=O)c1ccccc1)C(=O)N1CCCC1c1cncc(Cc2cccc(Cl)c2)n1. The lowest BCUT2D eigenvalue weighted by atomic mass is 10.0. The van der Waals surface area contributed by atoms with Crippen molar-refractivity contribution in [3.8, 4) is 0 Å². The highest BCUT2D eigenvalue weighted by atomic mass is 35.5. The van der Waals surface area contributed by atoms with E-state index >= 15 is 0 Å². The van der Waals surface area contributed by atoms with E-state index in [1.165, 1.54) is 0 Å². The maximum absolute atomic E-state index is 13.5. The van der Waals surface area contributed by atoms with Crippen LogP contribution < -0.4 is 5.32 Å². The summed E-state index contributed by atoms with van der Waals surface area (Å²) in [6.45, 7) is 4.11. The van der Waals surface area contributed by atoms with Crippen LogP contribution in [0.1, 0.15) is 60.0 Å². The van der Waals surface area contributed by atoms with Gasteiger partial charge in [0.15, 0.2) is 0 Å². The first kappa shape index (κ1) is 22.9. The molecule has 7 heteroatoms. The molecule has 1 aliphatic rings. The van der Waals surface area contributed by atoms with Crippen LogP contribution >= 0.6 is 11.6 Å². The van der Waals surface area contributed by atoms with Gasteiger partial charge in [0.1, 0.15) is 5.54 Å². The molecule has 1 N–H and O–H groups in total. The highest BCUT2D eigenvalue weighted by Crippen LogP contribution is 2.32. The number of benzene rings is 2. The number of nitrogens with one attached hydrogen (secondary N) is 1. The Morgan fingerprint density at radius 3 is 2.67 bits per heavy atom. The summed E-state index contributed by atoms with van der Waals surface area (Å²) in [6.07, 6.45) is 5.77. The van der Waals surface area contributed by atoms with E-state index in [1.807, 2.05) is 35.2 Å². The summed E-state index contributed by atoms with van der Waals surface area (Å²) >= 11 is 6.11. The summed E-state index contributed by atoms with van der Waals surface area (Å²) in [5.41, 5.74) is 2.12. The summed E-state index contributed by atoms with van der Waals surface area (Å²) in [4.78, 5) is 37.2. The third-order valence-corrected chi connectivity index (χ3v) is 6.06. The maximum atomic E-state index is 13.5. The van der Waals surface area contributed by atoms with Gasteiger partial charge in [-0.3, -0.25) is 19.6 Å². The third-order valence-electron chi connectivity index (χ3n) is 5.83. The second kappa shape index (κ2) is 9.71. The lowest BCUT2D eigenvalue weighted by Gasteiger charge is -2.33. The number of rotatable bonds is 6. The van der Waals surface area contributed by atoms with Crippen LogP contribution in [0.25, 0.3) is 0 Å². The van der Waals surface area contributed by atoms with E-state index in [2.05, 4.69) is 10.3 Å². The van der Waals surface area contributed by atoms with Gasteiger partial charge in [-0.05, 0) is 56.5 Å². The fourth-order valence-electron chi connectivity index (χ4n) is 4.20. The van der Waals surface area contributed by atoms with Crippen molar-refractivity contribution in [2.24, 2.45) is 0 Å². The smallest absolute Gasteiger partial charge is 0.252 e. The Morgan fingerprint density at radius 2 is 1.91 bits per heavy atom. The van der Waals surface area contributed by atoms with Crippen molar-refractivity contribution >= 4 is 23.4 Å². The van der Waals surface area contributed by atoms with Gasteiger partial charge in [0, 0.05) is 29.7 Å². The number of carbonyl (C=O) groups excluding carboxylic acids is 2. The van der Waals surface area contributed by atoms with Crippen molar-refractivity contribution in [3.63, 3.8) is 0 Å².